The van der Waals surface area contributed by atoms with E-state index < -0.39 is 0 Å². The number of fused-ring (bicyclic) bond motifs is 1. The molecular formula is C22H36N2. The van der Waals surface area contributed by atoms with Crippen molar-refractivity contribution in [2.75, 3.05) is 0 Å². The summed E-state index contributed by atoms with van der Waals surface area (Å²) in [5.41, 5.74) is 2.49. The van der Waals surface area contributed by atoms with Crippen molar-refractivity contribution in [1.29, 1.82) is 0 Å². The molecule has 0 bridgehead atoms. The number of nitrogens with zero attached hydrogens (tertiary/aromatic N) is 2. The van der Waals surface area contributed by atoms with E-state index in [1.54, 1.807) is 0 Å². The zero-order valence-electron chi connectivity index (χ0n) is 15.9. The van der Waals surface area contributed by atoms with Gasteiger partial charge in [-0.3, -0.25) is 0 Å². The molecule has 0 atom stereocenters. The molecule has 2 heteroatoms. The van der Waals surface area contributed by atoms with Crippen LogP contribution in [0, 0.1) is 0 Å². The lowest BCUT2D eigenvalue weighted by molar-refractivity contribution is 0.554. The summed E-state index contributed by atoms with van der Waals surface area (Å²) in [5.74, 6) is 1.30. The van der Waals surface area contributed by atoms with Gasteiger partial charge in [-0.1, -0.05) is 83.8 Å². The van der Waals surface area contributed by atoms with Gasteiger partial charge < -0.3 is 4.57 Å². The second-order valence-corrected chi connectivity index (χ2v) is 7.10. The first-order valence-electron chi connectivity index (χ1n) is 10.3. The zero-order chi connectivity index (χ0) is 17.0. The van der Waals surface area contributed by atoms with Crippen LogP contribution >= 0.6 is 0 Å². The summed E-state index contributed by atoms with van der Waals surface area (Å²) in [5, 5.41) is 0. The molecule has 0 spiro atoms. The van der Waals surface area contributed by atoms with Gasteiger partial charge in [0.1, 0.15) is 5.82 Å². The topological polar surface area (TPSA) is 17.8 Å². The molecule has 1 aromatic heterocycles. The van der Waals surface area contributed by atoms with E-state index >= 15 is 0 Å². The van der Waals surface area contributed by atoms with Crippen LogP contribution in [0.15, 0.2) is 24.3 Å². The second kappa shape index (κ2) is 11.3. The maximum absolute atomic E-state index is 4.91. The largest absolute Gasteiger partial charge is 0.328 e. The molecule has 2 nitrogen and oxygen atoms in total. The fourth-order valence-electron chi connectivity index (χ4n) is 3.50. The SMILES string of the molecule is CCCCCCCCCCc1nc2ccccc2n1CCCCC. The van der Waals surface area contributed by atoms with Crippen molar-refractivity contribution in [1.82, 2.24) is 9.55 Å². The number of imidazole rings is 1. The van der Waals surface area contributed by atoms with Crippen LogP contribution in [0.3, 0.4) is 0 Å². The third-order valence-corrected chi connectivity index (χ3v) is 4.97. The Hall–Kier alpha value is -1.31. The first-order chi connectivity index (χ1) is 11.9. The number of benzene rings is 1. The molecule has 0 radical (unpaired) electrons. The molecule has 0 saturated heterocycles. The van der Waals surface area contributed by atoms with E-state index in [0.717, 1.165) is 13.0 Å². The van der Waals surface area contributed by atoms with Crippen LogP contribution in [0.4, 0.5) is 0 Å². The van der Waals surface area contributed by atoms with Crippen molar-refractivity contribution in [3.8, 4) is 0 Å². The number of para-hydroxylation sites is 2. The van der Waals surface area contributed by atoms with E-state index in [0.29, 0.717) is 0 Å². The van der Waals surface area contributed by atoms with Gasteiger partial charge in [0.25, 0.3) is 0 Å². The Balaban J connectivity index is 1.82. The number of aromatic nitrogens is 2. The number of hydrogen-bond acceptors (Lipinski definition) is 1. The number of rotatable bonds is 13. The van der Waals surface area contributed by atoms with Crippen LogP contribution in [-0.2, 0) is 13.0 Å². The Labute approximate surface area is 148 Å². The fourth-order valence-corrected chi connectivity index (χ4v) is 3.50. The summed E-state index contributed by atoms with van der Waals surface area (Å²) in [7, 11) is 0. The summed E-state index contributed by atoms with van der Waals surface area (Å²) in [6, 6.07) is 8.63. The minimum Gasteiger partial charge on any atom is -0.328 e. The summed E-state index contributed by atoms with van der Waals surface area (Å²) >= 11 is 0. The molecule has 1 aromatic carbocycles. The van der Waals surface area contributed by atoms with E-state index in [2.05, 4.69) is 42.7 Å². The predicted octanol–water partition coefficient (Wildman–Crippen LogP) is 6.91. The molecule has 1 heterocycles. The molecular weight excluding hydrogens is 292 g/mol. The van der Waals surface area contributed by atoms with Crippen LogP contribution in [0.2, 0.25) is 0 Å². The van der Waals surface area contributed by atoms with Crippen molar-refractivity contribution in [3.63, 3.8) is 0 Å². The second-order valence-electron chi connectivity index (χ2n) is 7.10. The molecule has 0 aliphatic rings. The normalized spacial score (nSPS) is 11.4. The van der Waals surface area contributed by atoms with E-state index in [4.69, 9.17) is 4.98 Å². The van der Waals surface area contributed by atoms with Gasteiger partial charge >= 0.3 is 0 Å². The van der Waals surface area contributed by atoms with Gasteiger partial charge in [-0.2, -0.15) is 0 Å². The molecule has 0 N–H and O–H groups in total. The summed E-state index contributed by atoms with van der Waals surface area (Å²) < 4.78 is 2.48. The standard InChI is InChI=1S/C22H36N2/c1-3-5-7-8-9-10-11-12-18-22-23-20-16-13-14-17-21(20)24(22)19-15-6-4-2/h13-14,16-17H,3-12,15,18-19H2,1-2H3. The first-order valence-corrected chi connectivity index (χ1v) is 10.3. The Morgan fingerprint density at radius 1 is 0.750 bits per heavy atom. The molecule has 0 saturated carbocycles. The first kappa shape index (κ1) is 19.0. The van der Waals surface area contributed by atoms with E-state index in [9.17, 15) is 0 Å². The third kappa shape index (κ3) is 5.96. The van der Waals surface area contributed by atoms with Crippen LogP contribution in [0.5, 0.6) is 0 Å². The van der Waals surface area contributed by atoms with Gasteiger partial charge in [0.2, 0.25) is 0 Å². The molecule has 2 aromatic rings. The Bertz CT molecular complexity index is 570. The molecule has 0 unspecified atom stereocenters. The van der Waals surface area contributed by atoms with Gasteiger partial charge in [0, 0.05) is 13.0 Å². The number of hydrogen-bond donors (Lipinski definition) is 0. The average molecular weight is 329 g/mol. The van der Waals surface area contributed by atoms with Crippen molar-refractivity contribution in [2.45, 2.75) is 97.4 Å². The average Bonchev–Trinajstić information content (AvgIpc) is 2.95. The van der Waals surface area contributed by atoms with Crippen molar-refractivity contribution in [3.05, 3.63) is 30.1 Å². The van der Waals surface area contributed by atoms with Crippen molar-refractivity contribution in [2.24, 2.45) is 0 Å². The highest BCUT2D eigenvalue weighted by Gasteiger charge is 2.09. The fraction of sp³-hybridized carbons (Fsp3) is 0.682. The Kier molecular flexibility index (Phi) is 8.94. The minimum atomic E-state index is 1.13. The lowest BCUT2D eigenvalue weighted by atomic mass is 10.1. The highest BCUT2D eigenvalue weighted by Crippen LogP contribution is 2.19. The van der Waals surface area contributed by atoms with Crippen molar-refractivity contribution >= 4 is 11.0 Å². The Morgan fingerprint density at radius 2 is 1.38 bits per heavy atom. The van der Waals surface area contributed by atoms with Crippen LogP contribution in [0.25, 0.3) is 11.0 Å². The molecule has 0 fully saturated rings. The zero-order valence-corrected chi connectivity index (χ0v) is 15.9. The minimum absolute atomic E-state index is 1.13. The van der Waals surface area contributed by atoms with Gasteiger partial charge in [-0.15, -0.1) is 0 Å². The van der Waals surface area contributed by atoms with E-state index in [-0.39, 0.29) is 0 Å². The van der Waals surface area contributed by atoms with E-state index in [1.165, 1.54) is 87.5 Å². The Morgan fingerprint density at radius 3 is 2.12 bits per heavy atom. The highest BCUT2D eigenvalue weighted by atomic mass is 15.1. The molecule has 134 valence electrons. The van der Waals surface area contributed by atoms with Crippen LogP contribution in [-0.4, -0.2) is 9.55 Å². The van der Waals surface area contributed by atoms with Gasteiger partial charge in [0.05, 0.1) is 11.0 Å². The number of aryl methyl sites for hydroxylation is 2. The summed E-state index contributed by atoms with van der Waals surface area (Å²) in [4.78, 5) is 4.91. The molecule has 0 amide bonds. The monoisotopic (exact) mass is 328 g/mol. The molecule has 0 aliphatic carbocycles. The van der Waals surface area contributed by atoms with Gasteiger partial charge in [0.15, 0.2) is 0 Å². The molecule has 24 heavy (non-hydrogen) atoms. The van der Waals surface area contributed by atoms with E-state index in [1.807, 2.05) is 0 Å². The lowest BCUT2D eigenvalue weighted by Gasteiger charge is -2.09. The quantitative estimate of drug-likeness (QED) is 0.365. The molecule has 0 aliphatic heterocycles. The highest BCUT2D eigenvalue weighted by molar-refractivity contribution is 5.75. The smallest absolute Gasteiger partial charge is 0.109 e. The van der Waals surface area contributed by atoms with Crippen molar-refractivity contribution < 1.29 is 0 Å². The van der Waals surface area contributed by atoms with Crippen LogP contribution in [0.1, 0.15) is 90.3 Å². The maximum Gasteiger partial charge on any atom is 0.109 e. The van der Waals surface area contributed by atoms with Gasteiger partial charge in [-0.25, -0.2) is 4.98 Å². The predicted molar refractivity (Wildman–Crippen MR) is 106 cm³/mol. The summed E-state index contributed by atoms with van der Waals surface area (Å²) in [6.45, 7) is 5.68. The van der Waals surface area contributed by atoms with Crippen LogP contribution < -0.4 is 0 Å². The summed E-state index contributed by atoms with van der Waals surface area (Å²) in [6.07, 6.45) is 16.0. The number of unbranched alkanes of at least 4 members (excludes halogenated alkanes) is 9. The molecule has 2 rings (SSSR count). The third-order valence-electron chi connectivity index (χ3n) is 4.97. The lowest BCUT2D eigenvalue weighted by Crippen LogP contribution is -2.04. The maximum atomic E-state index is 4.91. The van der Waals surface area contributed by atoms with Gasteiger partial charge in [-0.05, 0) is 25.0 Å².